The first kappa shape index (κ1) is 10.8. The van der Waals surface area contributed by atoms with Crippen LogP contribution in [0.15, 0.2) is 0 Å². The summed E-state index contributed by atoms with van der Waals surface area (Å²) in [5.74, 6) is 0. The first-order valence-electron chi connectivity index (χ1n) is 3.64. The second kappa shape index (κ2) is 5.49. The van der Waals surface area contributed by atoms with Crippen LogP contribution >= 0.6 is 0 Å². The first-order valence-corrected chi connectivity index (χ1v) is 3.64. The van der Waals surface area contributed by atoms with Crippen molar-refractivity contribution in [2.75, 3.05) is 13.2 Å². The molecular formula is C7H16O4. The van der Waals surface area contributed by atoms with E-state index in [0.717, 1.165) is 0 Å². The maximum Gasteiger partial charge on any atom is 0.0983 e. The second-order valence-electron chi connectivity index (χ2n) is 3.16. The monoisotopic (exact) mass is 164 g/mol. The zero-order chi connectivity index (χ0) is 8.74. The Morgan fingerprint density at radius 1 is 1.27 bits per heavy atom. The zero-order valence-electron chi connectivity index (χ0n) is 7.29. The van der Waals surface area contributed by atoms with Gasteiger partial charge in [-0.05, 0) is 27.2 Å². The third-order valence-electron chi connectivity index (χ3n) is 0.718. The van der Waals surface area contributed by atoms with E-state index in [1.54, 1.807) is 0 Å². The van der Waals surface area contributed by atoms with E-state index in [1.807, 2.05) is 20.8 Å². The lowest BCUT2D eigenvalue weighted by Crippen LogP contribution is -2.19. The summed E-state index contributed by atoms with van der Waals surface area (Å²) in [4.78, 5) is 9.34. The molecule has 0 rings (SSSR count). The van der Waals surface area contributed by atoms with Gasteiger partial charge in [0, 0.05) is 6.61 Å². The number of rotatable bonds is 5. The van der Waals surface area contributed by atoms with Crippen molar-refractivity contribution in [2.24, 2.45) is 0 Å². The van der Waals surface area contributed by atoms with Crippen molar-refractivity contribution in [3.05, 3.63) is 0 Å². The van der Waals surface area contributed by atoms with E-state index in [1.165, 1.54) is 0 Å². The molecule has 0 aromatic heterocycles. The molecule has 0 fully saturated rings. The quantitative estimate of drug-likeness (QED) is 0.375. The van der Waals surface area contributed by atoms with Crippen LogP contribution in [-0.2, 0) is 14.8 Å². The molecular weight excluding hydrogens is 148 g/mol. The van der Waals surface area contributed by atoms with Gasteiger partial charge in [0.05, 0.1) is 12.2 Å². The van der Waals surface area contributed by atoms with E-state index < -0.39 is 0 Å². The van der Waals surface area contributed by atoms with E-state index >= 15 is 0 Å². The molecule has 0 atom stereocenters. The van der Waals surface area contributed by atoms with Crippen LogP contribution in [-0.4, -0.2) is 23.9 Å². The van der Waals surface area contributed by atoms with Crippen LogP contribution < -0.4 is 0 Å². The van der Waals surface area contributed by atoms with Crippen molar-refractivity contribution in [3.63, 3.8) is 0 Å². The molecule has 0 aliphatic rings. The highest BCUT2D eigenvalue weighted by Crippen LogP contribution is 2.06. The van der Waals surface area contributed by atoms with E-state index in [0.29, 0.717) is 13.0 Å². The molecule has 0 radical (unpaired) electrons. The summed E-state index contributed by atoms with van der Waals surface area (Å²) < 4.78 is 0. The van der Waals surface area contributed by atoms with Gasteiger partial charge in [0.1, 0.15) is 0 Å². The van der Waals surface area contributed by atoms with Gasteiger partial charge in [-0.3, -0.25) is 0 Å². The summed E-state index contributed by atoms with van der Waals surface area (Å²) >= 11 is 0. The third-order valence-corrected chi connectivity index (χ3v) is 0.718. The molecule has 68 valence electrons. The van der Waals surface area contributed by atoms with Gasteiger partial charge in [-0.1, -0.05) is 5.04 Å². The van der Waals surface area contributed by atoms with E-state index in [2.05, 4.69) is 9.93 Å². The topological polar surface area (TPSA) is 47.9 Å². The molecule has 0 heterocycles. The number of aliphatic hydroxyl groups is 1. The Morgan fingerprint density at radius 3 is 2.36 bits per heavy atom. The Hall–Kier alpha value is -0.160. The van der Waals surface area contributed by atoms with Gasteiger partial charge < -0.3 is 5.11 Å². The predicted molar refractivity (Wildman–Crippen MR) is 39.6 cm³/mol. The molecule has 0 spiro atoms. The van der Waals surface area contributed by atoms with Crippen molar-refractivity contribution in [3.8, 4) is 0 Å². The fourth-order valence-corrected chi connectivity index (χ4v) is 0.284. The van der Waals surface area contributed by atoms with Gasteiger partial charge in [0.2, 0.25) is 0 Å². The summed E-state index contributed by atoms with van der Waals surface area (Å²) in [5, 5.41) is 12.7. The van der Waals surface area contributed by atoms with Crippen LogP contribution in [0.4, 0.5) is 0 Å². The van der Waals surface area contributed by atoms with Crippen LogP contribution in [0.25, 0.3) is 0 Å². The Kier molecular flexibility index (Phi) is 5.41. The smallest absolute Gasteiger partial charge is 0.0983 e. The molecule has 4 nitrogen and oxygen atoms in total. The lowest BCUT2D eigenvalue weighted by atomic mass is 10.2. The van der Waals surface area contributed by atoms with Crippen LogP contribution in [0.5, 0.6) is 0 Å². The molecule has 0 aromatic rings. The van der Waals surface area contributed by atoms with Gasteiger partial charge in [0.15, 0.2) is 0 Å². The zero-order valence-corrected chi connectivity index (χ0v) is 7.29. The molecule has 0 aliphatic heterocycles. The number of hydrogen-bond donors (Lipinski definition) is 1. The van der Waals surface area contributed by atoms with Gasteiger partial charge >= 0.3 is 0 Å². The Balaban J connectivity index is 3.02. The van der Waals surface area contributed by atoms with Crippen LogP contribution in [0.1, 0.15) is 27.2 Å². The predicted octanol–water partition coefficient (Wildman–Crippen LogP) is 1.05. The van der Waals surface area contributed by atoms with Crippen LogP contribution in [0, 0.1) is 0 Å². The fraction of sp³-hybridized carbons (Fsp3) is 1.00. The lowest BCUT2D eigenvalue weighted by molar-refractivity contribution is -0.538. The highest BCUT2D eigenvalue weighted by Gasteiger charge is 2.11. The maximum absolute atomic E-state index is 8.35. The van der Waals surface area contributed by atoms with Gasteiger partial charge in [-0.15, -0.1) is 0 Å². The van der Waals surface area contributed by atoms with E-state index in [4.69, 9.17) is 9.99 Å². The third kappa shape index (κ3) is 9.84. The molecule has 0 aliphatic carbocycles. The van der Waals surface area contributed by atoms with Gasteiger partial charge in [-0.25, -0.2) is 9.78 Å². The first-order chi connectivity index (χ1) is 5.06. The summed E-state index contributed by atoms with van der Waals surface area (Å²) in [6.45, 7) is 5.98. The molecule has 1 N–H and O–H groups in total. The largest absolute Gasteiger partial charge is 0.396 e. The maximum atomic E-state index is 8.35. The minimum atomic E-state index is -0.362. The van der Waals surface area contributed by atoms with Crippen molar-refractivity contribution < 1.29 is 19.9 Å². The molecule has 11 heavy (non-hydrogen) atoms. The van der Waals surface area contributed by atoms with Crippen LogP contribution in [0.2, 0.25) is 0 Å². The highest BCUT2D eigenvalue weighted by atomic mass is 17.5. The summed E-state index contributed by atoms with van der Waals surface area (Å²) in [5.41, 5.74) is -0.362. The highest BCUT2D eigenvalue weighted by molar-refractivity contribution is 4.53. The summed E-state index contributed by atoms with van der Waals surface area (Å²) in [6.07, 6.45) is 0.549. The number of hydrogen-bond acceptors (Lipinski definition) is 4. The molecule has 0 saturated heterocycles. The van der Waals surface area contributed by atoms with Gasteiger partial charge in [-0.2, -0.15) is 0 Å². The fourth-order valence-electron chi connectivity index (χ4n) is 0.284. The molecule has 4 heteroatoms. The second-order valence-corrected chi connectivity index (χ2v) is 3.16. The SMILES string of the molecule is CC(C)(C)OOOCCCO. The average Bonchev–Trinajstić information content (AvgIpc) is 1.85. The van der Waals surface area contributed by atoms with Gasteiger partial charge in [0.25, 0.3) is 0 Å². The molecule has 0 saturated carbocycles. The van der Waals surface area contributed by atoms with Crippen LogP contribution in [0.3, 0.4) is 0 Å². The van der Waals surface area contributed by atoms with Crippen molar-refractivity contribution in [1.82, 2.24) is 0 Å². The molecule has 0 aromatic carbocycles. The average molecular weight is 164 g/mol. The summed E-state index contributed by atoms with van der Waals surface area (Å²) in [7, 11) is 0. The lowest BCUT2D eigenvalue weighted by Gasteiger charge is -2.15. The minimum Gasteiger partial charge on any atom is -0.396 e. The van der Waals surface area contributed by atoms with E-state index in [-0.39, 0.29) is 12.2 Å². The minimum absolute atomic E-state index is 0.0961. The normalized spacial score (nSPS) is 12.0. The molecule has 0 amide bonds. The Morgan fingerprint density at radius 2 is 1.91 bits per heavy atom. The Bertz CT molecular complexity index is 86.9. The standard InChI is InChI=1S/C7H16O4/c1-7(2,3)10-11-9-6-4-5-8/h8H,4-6H2,1-3H3. The molecule has 0 unspecified atom stereocenters. The number of aliphatic hydroxyl groups excluding tert-OH is 1. The van der Waals surface area contributed by atoms with Crippen molar-refractivity contribution in [1.29, 1.82) is 0 Å². The Labute approximate surface area is 66.9 Å². The molecule has 0 bridgehead atoms. The van der Waals surface area contributed by atoms with Crippen molar-refractivity contribution in [2.45, 2.75) is 32.8 Å². The van der Waals surface area contributed by atoms with E-state index in [9.17, 15) is 0 Å². The van der Waals surface area contributed by atoms with Crippen molar-refractivity contribution >= 4 is 0 Å². The summed E-state index contributed by atoms with van der Waals surface area (Å²) in [6, 6.07) is 0.